The third-order valence-electron chi connectivity index (χ3n) is 4.88. The number of carbonyl (C=O) groups is 1. The summed E-state index contributed by atoms with van der Waals surface area (Å²) in [6.45, 7) is 7.14. The van der Waals surface area contributed by atoms with Gasteiger partial charge in [-0.2, -0.15) is 0 Å². The second kappa shape index (κ2) is 6.91. The van der Waals surface area contributed by atoms with Crippen molar-refractivity contribution in [2.24, 2.45) is 17.3 Å². The molecule has 1 fully saturated rings. The number of benzene rings is 1. The van der Waals surface area contributed by atoms with Gasteiger partial charge in [0.2, 0.25) is 0 Å². The minimum Gasteiger partial charge on any atom is -0.469 e. The Morgan fingerprint density at radius 3 is 2.68 bits per heavy atom. The summed E-state index contributed by atoms with van der Waals surface area (Å²) >= 11 is 0. The van der Waals surface area contributed by atoms with Crippen molar-refractivity contribution in [2.45, 2.75) is 40.7 Å². The molecule has 0 N–H and O–H groups in total. The van der Waals surface area contributed by atoms with Gasteiger partial charge < -0.3 is 9.15 Å². The monoisotopic (exact) mass is 339 g/mol. The third-order valence-corrected chi connectivity index (χ3v) is 4.88. The van der Waals surface area contributed by atoms with Crippen LogP contribution in [-0.4, -0.2) is 5.97 Å². The Kier molecular flexibility index (Phi) is 4.48. The van der Waals surface area contributed by atoms with Crippen LogP contribution < -0.4 is 0 Å². The molecule has 3 unspecified atom stereocenters. The fourth-order valence-electron chi connectivity index (χ4n) is 3.35. The van der Waals surface area contributed by atoms with Crippen LogP contribution in [0.3, 0.4) is 0 Å². The van der Waals surface area contributed by atoms with Crippen molar-refractivity contribution in [3.8, 4) is 0 Å². The van der Waals surface area contributed by atoms with E-state index in [0.717, 1.165) is 11.3 Å². The summed E-state index contributed by atoms with van der Waals surface area (Å²) in [6, 6.07) is 11.8. The largest absolute Gasteiger partial charge is 0.469 e. The molecule has 1 aliphatic carbocycles. The molecular weight excluding hydrogens is 312 g/mol. The lowest BCUT2D eigenvalue weighted by atomic mass is 10.1. The summed E-state index contributed by atoms with van der Waals surface area (Å²) in [4.78, 5) is 12.5. The van der Waals surface area contributed by atoms with E-state index in [1.807, 2.05) is 44.2 Å². The number of hydrogen-bond donors (Lipinski definition) is 0. The maximum atomic E-state index is 12.5. The van der Waals surface area contributed by atoms with Crippen LogP contribution in [0, 0.1) is 17.3 Å². The van der Waals surface area contributed by atoms with Gasteiger partial charge in [0.05, 0.1) is 13.6 Å². The second-order valence-corrected chi connectivity index (χ2v) is 7.63. The van der Waals surface area contributed by atoms with Gasteiger partial charge in [-0.1, -0.05) is 55.8 Å². The lowest BCUT2D eigenvalue weighted by Crippen LogP contribution is -2.10. The van der Waals surface area contributed by atoms with E-state index in [9.17, 15) is 4.79 Å². The van der Waals surface area contributed by atoms with Gasteiger partial charge in [0.15, 0.2) is 0 Å². The quantitative estimate of drug-likeness (QED) is 0.539. The smallest absolute Gasteiger partial charge is 0.310 e. The predicted molar refractivity (Wildman–Crippen MR) is 97.9 cm³/mol. The fraction of sp³-hybridized carbons (Fsp3) is 0.409. The normalized spacial score (nSPS) is 22.6. The molecule has 0 radical (unpaired) electrons. The SMILES string of the molecule is [2H]C(OC(=O)C1C(C=C(C)C)C1(C)C)c1coc(Cc2ccccc2)c1. The highest BCUT2D eigenvalue weighted by Gasteiger charge is 2.61. The van der Waals surface area contributed by atoms with E-state index in [4.69, 9.17) is 10.5 Å². The van der Waals surface area contributed by atoms with Gasteiger partial charge in [0, 0.05) is 12.0 Å². The number of hydrogen-bond acceptors (Lipinski definition) is 3. The molecule has 3 rings (SSSR count). The standard InChI is InChI=1S/C22H26O3/c1-15(2)10-19-20(22(19,3)4)21(23)25-14-17-12-18(24-13-17)11-16-8-6-5-7-9-16/h5-10,12-13,19-20H,11,14H2,1-4H3/i14D. The highest BCUT2D eigenvalue weighted by atomic mass is 16.5. The van der Waals surface area contributed by atoms with Gasteiger partial charge in [0.25, 0.3) is 0 Å². The molecule has 0 aliphatic heterocycles. The molecule has 132 valence electrons. The Labute approximate surface area is 151 Å². The maximum absolute atomic E-state index is 12.5. The van der Waals surface area contributed by atoms with Gasteiger partial charge >= 0.3 is 5.97 Å². The summed E-state index contributed by atoms with van der Waals surface area (Å²) in [5, 5.41) is 0. The first-order valence-electron chi connectivity index (χ1n) is 9.25. The van der Waals surface area contributed by atoms with Crippen molar-refractivity contribution in [2.75, 3.05) is 0 Å². The maximum Gasteiger partial charge on any atom is 0.310 e. The summed E-state index contributed by atoms with van der Waals surface area (Å²) in [6.07, 6.45) is 4.29. The molecule has 0 spiro atoms. The molecule has 1 heterocycles. The molecule has 3 nitrogen and oxygen atoms in total. The van der Waals surface area contributed by atoms with Crippen LogP contribution in [0.2, 0.25) is 0 Å². The molecule has 0 bridgehead atoms. The van der Waals surface area contributed by atoms with Crippen molar-refractivity contribution in [1.82, 2.24) is 0 Å². The number of esters is 1. The van der Waals surface area contributed by atoms with E-state index < -0.39 is 6.58 Å². The van der Waals surface area contributed by atoms with Gasteiger partial charge in [-0.15, -0.1) is 0 Å². The average molecular weight is 339 g/mol. The van der Waals surface area contributed by atoms with Crippen LogP contribution >= 0.6 is 0 Å². The molecule has 1 saturated carbocycles. The van der Waals surface area contributed by atoms with E-state index >= 15 is 0 Å². The lowest BCUT2D eigenvalue weighted by molar-refractivity contribution is -0.147. The Hall–Kier alpha value is -2.29. The minimum atomic E-state index is -1.06. The van der Waals surface area contributed by atoms with E-state index in [2.05, 4.69) is 19.9 Å². The third kappa shape index (κ3) is 4.04. The fourth-order valence-corrected chi connectivity index (χ4v) is 3.35. The van der Waals surface area contributed by atoms with E-state index in [1.165, 1.54) is 11.8 Å². The average Bonchev–Trinajstić information content (AvgIpc) is 2.92. The molecule has 1 aromatic carbocycles. The number of ether oxygens (including phenoxy) is 1. The zero-order valence-electron chi connectivity index (χ0n) is 16.3. The van der Waals surface area contributed by atoms with Crippen molar-refractivity contribution in [1.29, 1.82) is 0 Å². The first-order valence-corrected chi connectivity index (χ1v) is 8.68. The predicted octanol–water partition coefficient (Wildman–Crippen LogP) is 5.15. The van der Waals surface area contributed by atoms with Crippen molar-refractivity contribution >= 4 is 5.97 Å². The number of allylic oxidation sites excluding steroid dienone is 2. The second-order valence-electron chi connectivity index (χ2n) is 7.63. The Bertz CT molecular complexity index is 800. The number of furan rings is 1. The van der Waals surface area contributed by atoms with Crippen LogP contribution in [0.1, 0.15) is 46.0 Å². The molecule has 3 heteroatoms. The first kappa shape index (κ1) is 16.2. The molecule has 1 aliphatic rings. The van der Waals surface area contributed by atoms with E-state index in [1.54, 1.807) is 6.07 Å². The molecule has 25 heavy (non-hydrogen) atoms. The Balaban J connectivity index is 1.61. The van der Waals surface area contributed by atoms with E-state index in [0.29, 0.717) is 12.0 Å². The lowest BCUT2D eigenvalue weighted by Gasteiger charge is -2.03. The first-order chi connectivity index (χ1) is 12.3. The van der Waals surface area contributed by atoms with Crippen LogP contribution in [-0.2, 0) is 22.5 Å². The van der Waals surface area contributed by atoms with Gasteiger partial charge in [-0.05, 0) is 36.8 Å². The highest BCUT2D eigenvalue weighted by Crippen LogP contribution is 2.59. The van der Waals surface area contributed by atoms with E-state index in [-0.39, 0.29) is 23.2 Å². The van der Waals surface area contributed by atoms with Gasteiger partial charge in [-0.25, -0.2) is 0 Å². The van der Waals surface area contributed by atoms with Crippen LogP contribution in [0.5, 0.6) is 0 Å². The van der Waals surface area contributed by atoms with Gasteiger partial charge in [-0.3, -0.25) is 4.79 Å². The van der Waals surface area contributed by atoms with Crippen LogP contribution in [0.4, 0.5) is 0 Å². The topological polar surface area (TPSA) is 39.4 Å². The number of carbonyl (C=O) groups excluding carboxylic acids is 1. The molecular formula is C22H26O3. The summed E-state index contributed by atoms with van der Waals surface area (Å²) in [5.41, 5.74) is 2.79. The van der Waals surface area contributed by atoms with Gasteiger partial charge in [0.1, 0.15) is 12.3 Å². The molecule has 1 aromatic heterocycles. The molecule has 0 saturated heterocycles. The Morgan fingerprint density at radius 2 is 2.00 bits per heavy atom. The summed E-state index contributed by atoms with van der Waals surface area (Å²) < 4.78 is 19.1. The molecule has 3 atom stereocenters. The zero-order chi connectivity index (χ0) is 18.9. The molecule has 0 amide bonds. The zero-order valence-corrected chi connectivity index (χ0v) is 15.3. The van der Waals surface area contributed by atoms with Crippen LogP contribution in [0.25, 0.3) is 0 Å². The van der Waals surface area contributed by atoms with Crippen molar-refractivity contribution in [3.05, 3.63) is 71.2 Å². The molecule has 2 aromatic rings. The van der Waals surface area contributed by atoms with Crippen LogP contribution in [0.15, 0.2) is 58.7 Å². The summed E-state index contributed by atoms with van der Waals surface area (Å²) in [5.74, 6) is 0.461. The van der Waals surface area contributed by atoms with Crippen molar-refractivity contribution < 1.29 is 15.3 Å². The van der Waals surface area contributed by atoms with Crippen molar-refractivity contribution in [3.63, 3.8) is 0 Å². The number of rotatable bonds is 6. The highest BCUT2D eigenvalue weighted by molar-refractivity contribution is 5.78. The summed E-state index contributed by atoms with van der Waals surface area (Å²) in [7, 11) is 0. The Morgan fingerprint density at radius 1 is 1.28 bits per heavy atom. The minimum absolute atomic E-state index is 0.108.